The molecule has 3 aliphatic heterocycles. The quantitative estimate of drug-likeness (QED) is 0.107. The highest BCUT2D eigenvalue weighted by molar-refractivity contribution is 7.89. The number of unbranched alkanes of at least 4 members (excludes halogenated alkanes) is 4. The smallest absolute Gasteiger partial charge is 0.407 e. The van der Waals surface area contributed by atoms with E-state index >= 15 is 0 Å². The number of allylic oxidation sites excluding steroid dienone is 1. The molecule has 3 N–H and O–H groups in total. The molecule has 2 saturated heterocycles. The van der Waals surface area contributed by atoms with Crippen molar-refractivity contribution in [2.45, 2.75) is 115 Å². The van der Waals surface area contributed by atoms with E-state index in [0.29, 0.717) is 23.4 Å². The second-order valence-electron chi connectivity index (χ2n) is 15.2. The lowest BCUT2D eigenvalue weighted by molar-refractivity contribution is -0.110. The van der Waals surface area contributed by atoms with Crippen LogP contribution >= 0.6 is 0 Å². The summed E-state index contributed by atoms with van der Waals surface area (Å²) in [6, 6.07) is 13.3. The van der Waals surface area contributed by atoms with Crippen molar-refractivity contribution in [3.8, 4) is 0 Å². The minimum atomic E-state index is -4.17. The molecule has 0 aromatic heterocycles. The van der Waals surface area contributed by atoms with Crippen LogP contribution in [0.4, 0.5) is 10.5 Å². The standard InChI is InChI=1S/C41H60N4O8S/c1-6-8-13-20-44(21-14-9-7-2)29(5)38-33-24-31(17-18-34(33)42-39(38)47)54(49,50)45(25-28(3)4)26-36(46)35(23-30-15-11-10-12-16-30)43-41(48)53-37-27-52-40-32(37)19-22-51-40/h10-12,15-18,24,28,32,35-37,40,46H,6-9,13-14,19-23,25-27H2,1-5H3,(H,42,47)(H,43,48)/b38-29-/t32?,35-,36+,37-,40?/m0/s1. The van der Waals surface area contributed by atoms with Crippen molar-refractivity contribution in [3.05, 3.63) is 65.4 Å². The Hall–Kier alpha value is -3.49. The third-order valence-corrected chi connectivity index (χ3v) is 12.4. The number of carbonyl (C=O) groups is 2. The number of carbonyl (C=O) groups excluding carboxylic acids is 2. The van der Waals surface area contributed by atoms with Crippen molar-refractivity contribution in [3.63, 3.8) is 0 Å². The first kappa shape index (κ1) is 41.7. The summed E-state index contributed by atoms with van der Waals surface area (Å²) in [5.74, 6) is -0.372. The first-order chi connectivity index (χ1) is 25.9. The number of benzene rings is 2. The van der Waals surface area contributed by atoms with Crippen LogP contribution in [0.3, 0.4) is 0 Å². The lowest BCUT2D eigenvalue weighted by Gasteiger charge is -2.31. The molecule has 2 aromatic carbocycles. The van der Waals surface area contributed by atoms with Crippen LogP contribution in [0.5, 0.6) is 0 Å². The summed E-state index contributed by atoms with van der Waals surface area (Å²) in [4.78, 5) is 29.0. The first-order valence-corrected chi connectivity index (χ1v) is 21.2. The number of nitrogens with zero attached hydrogens (tertiary/aromatic N) is 2. The molecule has 0 saturated carbocycles. The molecule has 54 heavy (non-hydrogen) atoms. The fourth-order valence-corrected chi connectivity index (χ4v) is 9.21. The number of ether oxygens (including phenoxy) is 3. The summed E-state index contributed by atoms with van der Waals surface area (Å²) in [5.41, 5.74) is 3.30. The molecular weight excluding hydrogens is 709 g/mol. The van der Waals surface area contributed by atoms with Gasteiger partial charge in [0, 0.05) is 43.1 Å². The molecule has 2 unspecified atom stereocenters. The Morgan fingerprint density at radius 2 is 1.72 bits per heavy atom. The molecule has 13 heteroatoms. The van der Waals surface area contributed by atoms with Gasteiger partial charge in [-0.25, -0.2) is 13.2 Å². The second-order valence-corrected chi connectivity index (χ2v) is 17.2. The van der Waals surface area contributed by atoms with Gasteiger partial charge in [-0.2, -0.15) is 4.31 Å². The Labute approximate surface area is 321 Å². The van der Waals surface area contributed by atoms with Crippen LogP contribution < -0.4 is 10.6 Å². The van der Waals surface area contributed by atoms with E-state index in [0.717, 1.165) is 69.3 Å². The number of rotatable bonds is 20. The van der Waals surface area contributed by atoms with Gasteiger partial charge in [-0.05, 0) is 62.3 Å². The van der Waals surface area contributed by atoms with E-state index in [-0.39, 0.29) is 55.0 Å². The Morgan fingerprint density at radius 1 is 1.02 bits per heavy atom. The van der Waals surface area contributed by atoms with E-state index in [1.807, 2.05) is 51.1 Å². The Balaban J connectivity index is 1.40. The normalized spacial score (nSPS) is 21.5. The first-order valence-electron chi connectivity index (χ1n) is 19.8. The van der Waals surface area contributed by atoms with Crippen molar-refractivity contribution in [2.75, 3.05) is 44.7 Å². The van der Waals surface area contributed by atoms with Crippen LogP contribution in [0.25, 0.3) is 5.57 Å². The molecule has 0 spiro atoms. The second kappa shape index (κ2) is 19.4. The van der Waals surface area contributed by atoms with Crippen LogP contribution in [-0.4, -0.2) is 98.7 Å². The Morgan fingerprint density at radius 3 is 2.39 bits per heavy atom. The molecule has 3 heterocycles. The fraction of sp³-hybridized carbons (Fsp3) is 0.610. The maximum absolute atomic E-state index is 14.5. The van der Waals surface area contributed by atoms with Gasteiger partial charge in [0.25, 0.3) is 5.91 Å². The monoisotopic (exact) mass is 768 g/mol. The van der Waals surface area contributed by atoms with E-state index in [1.165, 1.54) is 10.4 Å². The summed E-state index contributed by atoms with van der Waals surface area (Å²) in [7, 11) is -4.17. The number of hydrogen-bond donors (Lipinski definition) is 3. The molecular formula is C41H60N4O8S. The minimum Gasteiger partial charge on any atom is -0.443 e. The molecule has 0 aliphatic carbocycles. The van der Waals surface area contributed by atoms with Crippen LogP contribution in [0, 0.1) is 11.8 Å². The number of aliphatic hydroxyl groups excluding tert-OH is 1. The molecule has 12 nitrogen and oxygen atoms in total. The lowest BCUT2D eigenvalue weighted by atomic mass is 10.0. The third-order valence-electron chi connectivity index (χ3n) is 10.5. The highest BCUT2D eigenvalue weighted by atomic mass is 32.2. The van der Waals surface area contributed by atoms with Gasteiger partial charge in [-0.1, -0.05) is 83.7 Å². The number of aliphatic hydroxyl groups is 1. The maximum Gasteiger partial charge on any atom is 0.407 e. The van der Waals surface area contributed by atoms with Crippen molar-refractivity contribution < 1.29 is 37.3 Å². The van der Waals surface area contributed by atoms with Gasteiger partial charge in [0.05, 0.1) is 41.7 Å². The topological polar surface area (TPSA) is 147 Å². The zero-order valence-electron chi connectivity index (χ0n) is 32.6. The highest BCUT2D eigenvalue weighted by Crippen LogP contribution is 2.37. The van der Waals surface area contributed by atoms with Crippen molar-refractivity contribution in [1.29, 1.82) is 0 Å². The molecule has 0 radical (unpaired) electrons. The van der Waals surface area contributed by atoms with Crippen LogP contribution in [0.1, 0.15) is 90.7 Å². The zero-order valence-corrected chi connectivity index (χ0v) is 33.4. The van der Waals surface area contributed by atoms with E-state index in [2.05, 4.69) is 29.4 Å². The molecule has 0 bridgehead atoms. The summed E-state index contributed by atoms with van der Waals surface area (Å²) in [5, 5.41) is 17.6. The Bertz CT molecular complexity index is 1690. The summed E-state index contributed by atoms with van der Waals surface area (Å²) in [6.07, 6.45) is 4.47. The van der Waals surface area contributed by atoms with Crippen molar-refractivity contribution in [2.24, 2.45) is 11.8 Å². The van der Waals surface area contributed by atoms with Crippen molar-refractivity contribution in [1.82, 2.24) is 14.5 Å². The van der Waals surface area contributed by atoms with Gasteiger partial charge in [-0.15, -0.1) is 0 Å². The predicted molar refractivity (Wildman–Crippen MR) is 209 cm³/mol. The zero-order chi connectivity index (χ0) is 38.8. The van der Waals surface area contributed by atoms with Crippen LogP contribution in [-0.2, 0) is 35.4 Å². The average Bonchev–Trinajstić information content (AvgIpc) is 3.85. The van der Waals surface area contributed by atoms with Crippen molar-refractivity contribution >= 4 is 33.3 Å². The molecule has 2 aromatic rings. The summed E-state index contributed by atoms with van der Waals surface area (Å²) in [6.45, 7) is 12.4. The van der Waals surface area contributed by atoms with Gasteiger partial charge in [0.15, 0.2) is 6.29 Å². The van der Waals surface area contributed by atoms with E-state index in [1.54, 1.807) is 12.1 Å². The lowest BCUT2D eigenvalue weighted by Crippen LogP contribution is -2.51. The number of fused-ring (bicyclic) bond motifs is 2. The van der Waals surface area contributed by atoms with Crippen LogP contribution in [0.15, 0.2) is 59.1 Å². The van der Waals surface area contributed by atoms with Gasteiger partial charge in [0.2, 0.25) is 10.0 Å². The van der Waals surface area contributed by atoms with Crippen LogP contribution in [0.2, 0.25) is 0 Å². The summed E-state index contributed by atoms with van der Waals surface area (Å²) < 4.78 is 47.3. The minimum absolute atomic E-state index is 0.0287. The summed E-state index contributed by atoms with van der Waals surface area (Å²) >= 11 is 0. The number of alkyl carbamates (subject to hydrolysis) is 1. The van der Waals surface area contributed by atoms with Gasteiger partial charge >= 0.3 is 6.09 Å². The number of sulfonamides is 1. The van der Waals surface area contributed by atoms with E-state index in [9.17, 15) is 23.1 Å². The fourth-order valence-electron chi connectivity index (χ4n) is 7.56. The molecule has 2 amide bonds. The number of amides is 2. The predicted octanol–water partition coefficient (Wildman–Crippen LogP) is 6.16. The number of anilines is 1. The van der Waals surface area contributed by atoms with Gasteiger partial charge in [-0.3, -0.25) is 4.79 Å². The maximum atomic E-state index is 14.5. The van der Waals surface area contributed by atoms with E-state index < -0.39 is 34.4 Å². The molecule has 5 atom stereocenters. The number of hydrogen-bond acceptors (Lipinski definition) is 9. The molecule has 3 aliphatic rings. The largest absolute Gasteiger partial charge is 0.443 e. The van der Waals surface area contributed by atoms with Gasteiger partial charge < -0.3 is 34.9 Å². The highest BCUT2D eigenvalue weighted by Gasteiger charge is 2.44. The average molecular weight is 769 g/mol. The van der Waals surface area contributed by atoms with Gasteiger partial charge in [0.1, 0.15) is 6.10 Å². The molecule has 2 fully saturated rings. The molecule has 5 rings (SSSR count). The number of nitrogens with one attached hydrogen (secondary N) is 2. The Kier molecular flexibility index (Phi) is 15.0. The molecule has 298 valence electrons. The SMILES string of the molecule is CCCCCN(CCCCC)/C(C)=C1\C(=O)Nc2ccc(S(=O)(=O)N(CC(C)C)C[C@@H](O)[C@H](Cc3ccccc3)NC(=O)O[C@H]3COC4OCCC43)cc21. The third kappa shape index (κ3) is 10.4. The van der Waals surface area contributed by atoms with E-state index in [4.69, 9.17) is 14.2 Å².